The molecular formula is C14H16F3NOS. The number of alkyl halides is 3. The number of hydrogen-bond acceptors (Lipinski definition) is 3. The van der Waals surface area contributed by atoms with E-state index in [2.05, 4.69) is 11.8 Å². The molecule has 0 saturated carbocycles. The van der Waals surface area contributed by atoms with Crippen LogP contribution in [0.2, 0.25) is 0 Å². The van der Waals surface area contributed by atoms with Gasteiger partial charge in [-0.05, 0) is 37.4 Å². The van der Waals surface area contributed by atoms with Crippen molar-refractivity contribution >= 4 is 11.3 Å². The largest absolute Gasteiger partial charge is 0.391 e. The van der Waals surface area contributed by atoms with Gasteiger partial charge in [-0.25, -0.2) is 0 Å². The molecule has 110 valence electrons. The third-order valence-corrected chi connectivity index (χ3v) is 4.37. The summed E-state index contributed by atoms with van der Waals surface area (Å²) in [4.78, 5) is 3.09. The number of piperidine rings is 1. The standard InChI is InChI=1S/C14H16F3NOS/c15-14(16,17)12-3-6-18(7-4-12)10-13-11(2-1-8-19)5-9-20-13/h5,9,12,19H,3-4,6-8,10H2. The lowest BCUT2D eigenvalue weighted by molar-refractivity contribution is -0.185. The van der Waals surface area contributed by atoms with Gasteiger partial charge in [0.15, 0.2) is 0 Å². The van der Waals surface area contributed by atoms with Crippen molar-refractivity contribution in [2.75, 3.05) is 19.7 Å². The fraction of sp³-hybridized carbons (Fsp3) is 0.571. The van der Waals surface area contributed by atoms with Crippen LogP contribution in [0, 0.1) is 17.8 Å². The second-order valence-corrected chi connectivity index (χ2v) is 5.81. The molecule has 20 heavy (non-hydrogen) atoms. The number of thiophene rings is 1. The van der Waals surface area contributed by atoms with E-state index in [-0.39, 0.29) is 19.4 Å². The number of aliphatic hydroxyl groups is 1. The highest BCUT2D eigenvalue weighted by atomic mass is 32.1. The lowest BCUT2D eigenvalue weighted by Gasteiger charge is -2.32. The minimum absolute atomic E-state index is 0.173. The van der Waals surface area contributed by atoms with Crippen molar-refractivity contribution in [1.82, 2.24) is 4.90 Å². The summed E-state index contributed by atoms with van der Waals surface area (Å²) in [6.07, 6.45) is -3.72. The van der Waals surface area contributed by atoms with E-state index < -0.39 is 12.1 Å². The monoisotopic (exact) mass is 303 g/mol. The molecule has 1 aliphatic rings. The maximum Gasteiger partial charge on any atom is 0.391 e. The predicted molar refractivity (Wildman–Crippen MR) is 72.3 cm³/mol. The Kier molecular flexibility index (Phi) is 5.08. The van der Waals surface area contributed by atoms with Crippen LogP contribution in [0.3, 0.4) is 0 Å². The highest BCUT2D eigenvalue weighted by Crippen LogP contribution is 2.34. The summed E-state index contributed by atoms with van der Waals surface area (Å²) in [5.41, 5.74) is 0.863. The van der Waals surface area contributed by atoms with Gasteiger partial charge in [-0.15, -0.1) is 11.3 Å². The molecule has 6 heteroatoms. The van der Waals surface area contributed by atoms with E-state index >= 15 is 0 Å². The topological polar surface area (TPSA) is 23.5 Å². The first-order valence-corrected chi connectivity index (χ1v) is 7.34. The Hall–Kier alpha value is -1.03. The molecular weight excluding hydrogens is 287 g/mol. The molecule has 0 aromatic carbocycles. The number of aliphatic hydroxyl groups excluding tert-OH is 1. The minimum Gasteiger partial charge on any atom is -0.384 e. The van der Waals surface area contributed by atoms with Crippen molar-refractivity contribution in [1.29, 1.82) is 0 Å². The van der Waals surface area contributed by atoms with Crippen molar-refractivity contribution in [2.24, 2.45) is 5.92 Å². The van der Waals surface area contributed by atoms with Gasteiger partial charge in [0.1, 0.15) is 6.61 Å². The molecule has 1 aliphatic heterocycles. The molecule has 1 N–H and O–H groups in total. The number of nitrogens with zero attached hydrogens (tertiary/aromatic N) is 1. The summed E-state index contributed by atoms with van der Waals surface area (Å²) < 4.78 is 37.8. The van der Waals surface area contributed by atoms with Gasteiger partial charge in [-0.3, -0.25) is 4.90 Å². The summed E-state index contributed by atoms with van der Waals surface area (Å²) in [7, 11) is 0. The Morgan fingerprint density at radius 1 is 1.35 bits per heavy atom. The van der Waals surface area contributed by atoms with E-state index in [4.69, 9.17) is 5.11 Å². The Balaban J connectivity index is 1.92. The van der Waals surface area contributed by atoms with Crippen LogP contribution in [0.1, 0.15) is 23.3 Å². The highest BCUT2D eigenvalue weighted by Gasteiger charge is 2.40. The molecule has 0 bridgehead atoms. The third kappa shape index (κ3) is 3.98. The Morgan fingerprint density at radius 2 is 2.05 bits per heavy atom. The van der Waals surface area contributed by atoms with Crippen LogP contribution in [-0.2, 0) is 6.54 Å². The zero-order valence-electron chi connectivity index (χ0n) is 10.9. The summed E-state index contributed by atoms with van der Waals surface area (Å²) in [6, 6.07) is 1.88. The Bertz CT molecular complexity index is 492. The van der Waals surface area contributed by atoms with Gasteiger partial charge >= 0.3 is 6.18 Å². The Labute approximate surface area is 120 Å². The molecule has 0 atom stereocenters. The summed E-state index contributed by atoms with van der Waals surface area (Å²) in [5.74, 6) is 4.31. The maximum atomic E-state index is 12.6. The van der Waals surface area contributed by atoms with Crippen molar-refractivity contribution in [3.63, 3.8) is 0 Å². The first kappa shape index (κ1) is 15.4. The number of halogens is 3. The van der Waals surface area contributed by atoms with Gasteiger partial charge in [0.25, 0.3) is 0 Å². The lowest BCUT2D eigenvalue weighted by atomic mass is 9.96. The summed E-state index contributed by atoms with van der Waals surface area (Å²) in [5, 5.41) is 10.6. The first-order chi connectivity index (χ1) is 9.50. The van der Waals surface area contributed by atoms with Crippen molar-refractivity contribution in [3.8, 4) is 11.8 Å². The minimum atomic E-state index is -4.06. The van der Waals surface area contributed by atoms with Crippen LogP contribution in [0.4, 0.5) is 13.2 Å². The van der Waals surface area contributed by atoms with Crippen LogP contribution in [-0.4, -0.2) is 35.9 Å². The average Bonchev–Trinajstić information content (AvgIpc) is 2.83. The molecule has 2 nitrogen and oxygen atoms in total. The SMILES string of the molecule is OCC#Cc1ccsc1CN1CCC(C(F)(F)F)CC1. The van der Waals surface area contributed by atoms with E-state index in [1.807, 2.05) is 16.3 Å². The zero-order valence-corrected chi connectivity index (χ0v) is 11.7. The van der Waals surface area contributed by atoms with Gasteiger partial charge in [-0.1, -0.05) is 11.8 Å². The average molecular weight is 303 g/mol. The number of hydrogen-bond donors (Lipinski definition) is 1. The lowest BCUT2D eigenvalue weighted by Crippen LogP contribution is -2.38. The molecule has 1 aromatic rings. The highest BCUT2D eigenvalue weighted by molar-refractivity contribution is 7.10. The van der Waals surface area contributed by atoms with E-state index in [0.717, 1.165) is 10.4 Å². The van der Waals surface area contributed by atoms with E-state index in [1.54, 1.807) is 11.3 Å². The van der Waals surface area contributed by atoms with Crippen molar-refractivity contribution < 1.29 is 18.3 Å². The number of rotatable bonds is 2. The molecule has 0 spiro atoms. The second kappa shape index (κ2) is 6.61. The normalized spacial score (nSPS) is 17.8. The molecule has 1 saturated heterocycles. The third-order valence-electron chi connectivity index (χ3n) is 3.47. The van der Waals surface area contributed by atoms with Crippen LogP contribution in [0.5, 0.6) is 0 Å². The Morgan fingerprint density at radius 3 is 2.65 bits per heavy atom. The molecule has 1 fully saturated rings. The second-order valence-electron chi connectivity index (χ2n) is 4.81. The quantitative estimate of drug-likeness (QED) is 0.849. The van der Waals surface area contributed by atoms with Crippen LogP contribution in [0.25, 0.3) is 0 Å². The van der Waals surface area contributed by atoms with Gasteiger partial charge in [0.2, 0.25) is 0 Å². The van der Waals surface area contributed by atoms with E-state index in [9.17, 15) is 13.2 Å². The van der Waals surface area contributed by atoms with Crippen LogP contribution < -0.4 is 0 Å². The molecule has 1 aromatic heterocycles. The maximum absolute atomic E-state index is 12.6. The van der Waals surface area contributed by atoms with Crippen molar-refractivity contribution in [2.45, 2.75) is 25.6 Å². The van der Waals surface area contributed by atoms with Crippen molar-refractivity contribution in [3.05, 3.63) is 21.9 Å². The predicted octanol–water partition coefficient (Wildman–Crippen LogP) is 2.87. The fourth-order valence-corrected chi connectivity index (χ4v) is 3.20. The molecule has 2 rings (SSSR count). The molecule has 0 radical (unpaired) electrons. The molecule has 0 aliphatic carbocycles. The number of likely N-dealkylation sites (tertiary alicyclic amines) is 1. The van der Waals surface area contributed by atoms with Gasteiger partial charge in [-0.2, -0.15) is 13.2 Å². The zero-order chi connectivity index (χ0) is 14.6. The van der Waals surface area contributed by atoms with E-state index in [0.29, 0.717) is 19.6 Å². The van der Waals surface area contributed by atoms with Gasteiger partial charge in [0.05, 0.1) is 5.92 Å². The van der Waals surface area contributed by atoms with Gasteiger partial charge in [0, 0.05) is 17.0 Å². The van der Waals surface area contributed by atoms with Gasteiger partial charge < -0.3 is 5.11 Å². The smallest absolute Gasteiger partial charge is 0.384 e. The van der Waals surface area contributed by atoms with E-state index in [1.165, 1.54) is 0 Å². The fourth-order valence-electron chi connectivity index (χ4n) is 2.33. The van der Waals surface area contributed by atoms with Crippen LogP contribution >= 0.6 is 11.3 Å². The molecule has 0 amide bonds. The molecule has 0 unspecified atom stereocenters. The summed E-state index contributed by atoms with van der Waals surface area (Å²) >= 11 is 1.55. The summed E-state index contributed by atoms with van der Waals surface area (Å²) in [6.45, 7) is 1.38. The van der Waals surface area contributed by atoms with Crippen LogP contribution in [0.15, 0.2) is 11.4 Å². The first-order valence-electron chi connectivity index (χ1n) is 6.46. The molecule has 2 heterocycles.